The summed E-state index contributed by atoms with van der Waals surface area (Å²) in [6.07, 6.45) is 6.23. The van der Waals surface area contributed by atoms with Crippen LogP contribution < -0.4 is 0 Å². The highest BCUT2D eigenvalue weighted by Gasteiger charge is 2.08. The molecule has 0 fully saturated rings. The maximum absolute atomic E-state index is 11.2. The minimum Gasteiger partial charge on any atom is -0.466 e. The summed E-state index contributed by atoms with van der Waals surface area (Å²) < 4.78 is 10.0. The lowest BCUT2D eigenvalue weighted by molar-refractivity contribution is -0.142. The van der Waals surface area contributed by atoms with Crippen LogP contribution in [0.25, 0.3) is 0 Å². The number of ether oxygens (including phenoxy) is 1. The molecule has 0 radical (unpaired) electrons. The van der Waals surface area contributed by atoms with E-state index in [0.29, 0.717) is 24.6 Å². The highest BCUT2D eigenvalue weighted by atomic mass is 31.1. The predicted octanol–water partition coefficient (Wildman–Crippen LogP) is 1.67. The fraction of sp³-hybridized carbons (Fsp3) is 0.455. The van der Waals surface area contributed by atoms with Crippen LogP contribution in [-0.2, 0) is 22.4 Å². The van der Waals surface area contributed by atoms with E-state index in [9.17, 15) is 4.79 Å². The first-order valence-electron chi connectivity index (χ1n) is 5.07. The fourth-order valence-electron chi connectivity index (χ4n) is 1.12. The van der Waals surface area contributed by atoms with Gasteiger partial charge in [-0.25, -0.2) is 4.98 Å². The number of carbonyl (C=O) groups excluding carboxylic acids is 1. The summed E-state index contributed by atoms with van der Waals surface area (Å²) in [5.41, 5.74) is 0.617. The zero-order valence-electron chi connectivity index (χ0n) is 9.60. The fourth-order valence-corrected chi connectivity index (χ4v) is 1.59. The van der Waals surface area contributed by atoms with Gasteiger partial charge in [0.25, 0.3) is 0 Å². The molecule has 0 saturated heterocycles. The quantitative estimate of drug-likeness (QED) is 0.581. The third-order valence-corrected chi connectivity index (χ3v) is 2.61. The van der Waals surface area contributed by atoms with Gasteiger partial charge in [0, 0.05) is 6.42 Å². The molecule has 16 heavy (non-hydrogen) atoms. The average molecular weight is 241 g/mol. The highest BCUT2D eigenvalue weighted by Crippen LogP contribution is 2.05. The molecule has 0 aliphatic carbocycles. The zero-order chi connectivity index (χ0) is 12.0. The molecule has 1 unspecified atom stereocenters. The molecular formula is C11H16NO3P. The summed E-state index contributed by atoms with van der Waals surface area (Å²) in [6.45, 7) is 4.22. The van der Waals surface area contributed by atoms with Crippen molar-refractivity contribution in [2.24, 2.45) is 0 Å². The summed E-state index contributed by atoms with van der Waals surface area (Å²) in [6, 6.07) is 0. The standard InChI is InChI=1S/C11H16NO3P/c1-4-14-11(13)7-9-8-15-10(12-9)5-6-16(2)3/h6,8H,2,4-5,7H2,1,3H3. The van der Waals surface area contributed by atoms with Crippen molar-refractivity contribution in [3.63, 3.8) is 0 Å². The van der Waals surface area contributed by atoms with Gasteiger partial charge in [0.15, 0.2) is 5.89 Å². The lowest BCUT2D eigenvalue weighted by Gasteiger charge is -1.97. The molecule has 0 aliphatic rings. The third kappa shape index (κ3) is 4.49. The molecule has 88 valence electrons. The number of aromatic nitrogens is 1. The summed E-state index contributed by atoms with van der Waals surface area (Å²) in [5, 5.41) is 0. The number of hydrogen-bond donors (Lipinski definition) is 0. The first-order valence-corrected chi connectivity index (χ1v) is 7.11. The second-order valence-corrected chi connectivity index (χ2v) is 5.24. The minimum absolute atomic E-state index is 0.169. The maximum atomic E-state index is 11.2. The second-order valence-electron chi connectivity index (χ2n) is 3.36. The normalized spacial score (nSPS) is 11.5. The van der Waals surface area contributed by atoms with Crippen LogP contribution in [-0.4, -0.2) is 36.3 Å². The molecule has 0 spiro atoms. The van der Waals surface area contributed by atoms with Gasteiger partial charge in [-0.2, -0.15) is 0 Å². The lowest BCUT2D eigenvalue weighted by Crippen LogP contribution is -2.07. The number of nitrogens with zero attached hydrogens (tertiary/aromatic N) is 1. The minimum atomic E-state index is -0.304. The van der Waals surface area contributed by atoms with Crippen molar-refractivity contribution in [2.75, 3.05) is 13.3 Å². The Kier molecular flexibility index (Phi) is 5.06. The van der Waals surface area contributed by atoms with Gasteiger partial charge < -0.3 is 9.15 Å². The van der Waals surface area contributed by atoms with E-state index in [4.69, 9.17) is 9.15 Å². The van der Waals surface area contributed by atoms with Gasteiger partial charge in [-0.1, -0.05) is 12.1 Å². The van der Waals surface area contributed by atoms with Gasteiger partial charge in [0.1, 0.15) is 6.26 Å². The largest absolute Gasteiger partial charge is 0.466 e. The lowest BCUT2D eigenvalue weighted by atomic mass is 10.3. The smallest absolute Gasteiger partial charge is 0.311 e. The van der Waals surface area contributed by atoms with E-state index in [-0.39, 0.29) is 19.6 Å². The van der Waals surface area contributed by atoms with Crippen LogP contribution in [0, 0.1) is 0 Å². The first kappa shape index (κ1) is 12.8. The molecule has 0 N–H and O–H groups in total. The van der Waals surface area contributed by atoms with Crippen LogP contribution in [0.15, 0.2) is 10.7 Å². The Morgan fingerprint density at radius 2 is 2.50 bits per heavy atom. The van der Waals surface area contributed by atoms with Crippen molar-refractivity contribution in [1.82, 2.24) is 4.98 Å². The van der Waals surface area contributed by atoms with Crippen LogP contribution in [0.3, 0.4) is 0 Å². The van der Waals surface area contributed by atoms with E-state index in [1.807, 2.05) is 0 Å². The van der Waals surface area contributed by atoms with Gasteiger partial charge in [0.05, 0.1) is 18.7 Å². The summed E-state index contributed by atoms with van der Waals surface area (Å²) in [4.78, 5) is 15.4. The van der Waals surface area contributed by atoms with Gasteiger partial charge in [-0.15, -0.1) is 7.17 Å². The highest BCUT2D eigenvalue weighted by molar-refractivity contribution is 7.54. The van der Waals surface area contributed by atoms with E-state index < -0.39 is 0 Å². The molecule has 1 rings (SSSR count). The van der Waals surface area contributed by atoms with Crippen LogP contribution in [0.1, 0.15) is 18.5 Å². The maximum Gasteiger partial charge on any atom is 0.311 e. The molecule has 0 aromatic carbocycles. The van der Waals surface area contributed by atoms with Gasteiger partial charge in [-0.3, -0.25) is 4.79 Å². The Morgan fingerprint density at radius 1 is 1.75 bits per heavy atom. The predicted molar refractivity (Wildman–Crippen MR) is 66.6 cm³/mol. The Hall–Kier alpha value is -1.28. The van der Waals surface area contributed by atoms with Crippen molar-refractivity contribution in [2.45, 2.75) is 19.8 Å². The Labute approximate surface area is 95.7 Å². The number of carbonyl (C=O) groups is 1. The number of esters is 1. The van der Waals surface area contributed by atoms with Crippen molar-refractivity contribution in [3.05, 3.63) is 17.8 Å². The zero-order valence-corrected chi connectivity index (χ0v) is 10.5. The Bertz CT molecular complexity index is 430. The molecule has 0 amide bonds. The van der Waals surface area contributed by atoms with Crippen molar-refractivity contribution < 1.29 is 13.9 Å². The Morgan fingerprint density at radius 3 is 3.12 bits per heavy atom. The molecule has 0 saturated carbocycles. The number of rotatable bonds is 5. The molecular weight excluding hydrogens is 225 g/mol. The van der Waals surface area contributed by atoms with Crippen molar-refractivity contribution >= 4 is 25.2 Å². The summed E-state index contributed by atoms with van der Waals surface area (Å²) in [5.74, 6) is 2.41. The number of hydrogen-bond acceptors (Lipinski definition) is 4. The summed E-state index contributed by atoms with van der Waals surface area (Å²) in [7, 11) is -0.304. The van der Waals surface area contributed by atoms with E-state index in [1.54, 1.807) is 6.92 Å². The van der Waals surface area contributed by atoms with Crippen molar-refractivity contribution in [3.8, 4) is 0 Å². The van der Waals surface area contributed by atoms with Crippen LogP contribution in [0.2, 0.25) is 0 Å². The van der Waals surface area contributed by atoms with Gasteiger partial charge >= 0.3 is 5.97 Å². The molecule has 1 heterocycles. The molecule has 1 atom stereocenters. The third-order valence-electron chi connectivity index (χ3n) is 1.81. The molecule has 1 aromatic heterocycles. The average Bonchev–Trinajstić information content (AvgIpc) is 2.63. The molecule has 5 heteroatoms. The second kappa shape index (κ2) is 6.33. The van der Waals surface area contributed by atoms with E-state index >= 15 is 0 Å². The molecule has 0 bridgehead atoms. The van der Waals surface area contributed by atoms with E-state index in [1.165, 1.54) is 6.26 Å². The van der Waals surface area contributed by atoms with Crippen LogP contribution >= 0.6 is 7.17 Å². The molecule has 4 nitrogen and oxygen atoms in total. The first-order chi connectivity index (χ1) is 7.61. The topological polar surface area (TPSA) is 52.3 Å². The van der Waals surface area contributed by atoms with Crippen LogP contribution in [0.5, 0.6) is 0 Å². The number of oxazole rings is 1. The molecule has 0 aliphatic heterocycles. The molecule has 1 aromatic rings. The van der Waals surface area contributed by atoms with Gasteiger partial charge in [0.2, 0.25) is 0 Å². The monoisotopic (exact) mass is 241 g/mol. The van der Waals surface area contributed by atoms with Gasteiger partial charge in [-0.05, 0) is 13.6 Å². The van der Waals surface area contributed by atoms with E-state index in [0.717, 1.165) is 0 Å². The SMILES string of the molecule is C=P(C)=CCc1nc(CC(=O)OCC)co1. The van der Waals surface area contributed by atoms with Crippen molar-refractivity contribution in [1.29, 1.82) is 0 Å². The van der Waals surface area contributed by atoms with E-state index in [2.05, 4.69) is 23.7 Å². The van der Waals surface area contributed by atoms with Crippen LogP contribution in [0.4, 0.5) is 0 Å². The summed E-state index contributed by atoms with van der Waals surface area (Å²) >= 11 is 0. The Balaban J connectivity index is 2.54.